The molecular weight excluding hydrogens is 332 g/mol. The Kier molecular flexibility index (Phi) is 5.90. The number of nitrogens with one attached hydrogen (secondary N) is 3. The minimum atomic E-state index is -0.696. The second-order valence-corrected chi connectivity index (χ2v) is 5.84. The molecule has 1 aromatic heterocycles. The summed E-state index contributed by atoms with van der Waals surface area (Å²) >= 11 is 0.899. The third-order valence-electron chi connectivity index (χ3n) is 2.83. The van der Waals surface area contributed by atoms with E-state index in [0.717, 1.165) is 23.0 Å². The summed E-state index contributed by atoms with van der Waals surface area (Å²) in [5, 5.41) is 9.51. The number of aromatic nitrogens is 3. The van der Waals surface area contributed by atoms with Gasteiger partial charge in [0.2, 0.25) is 5.91 Å². The first-order chi connectivity index (χ1) is 11.5. The fourth-order valence-electron chi connectivity index (χ4n) is 1.64. The lowest BCUT2D eigenvalue weighted by molar-refractivity contribution is -0.118. The van der Waals surface area contributed by atoms with E-state index in [9.17, 15) is 14.4 Å². The maximum Gasteiger partial charge on any atom is 0.342 e. The summed E-state index contributed by atoms with van der Waals surface area (Å²) in [6, 6.07) is 7.63. The summed E-state index contributed by atoms with van der Waals surface area (Å²) in [6.45, 7) is 0. The average molecular weight is 348 g/mol. The van der Waals surface area contributed by atoms with Crippen molar-refractivity contribution in [1.29, 1.82) is 0 Å². The van der Waals surface area contributed by atoms with Crippen LogP contribution in [0.3, 0.4) is 0 Å². The predicted molar refractivity (Wildman–Crippen MR) is 92.7 cm³/mol. The Morgan fingerprint density at radius 1 is 1.33 bits per heavy atom. The minimum absolute atomic E-state index is 0.00741. The minimum Gasteiger partial charge on any atom is -0.378 e. The maximum absolute atomic E-state index is 11.7. The van der Waals surface area contributed by atoms with E-state index < -0.39 is 17.2 Å². The lowest BCUT2D eigenvalue weighted by Crippen LogP contribution is -2.26. The number of carbonyl (C=O) groups is 1. The van der Waals surface area contributed by atoms with Crippen LogP contribution in [0.4, 0.5) is 5.69 Å². The van der Waals surface area contributed by atoms with Crippen molar-refractivity contribution in [2.75, 3.05) is 24.7 Å². The number of hydrogen-bond acceptors (Lipinski definition) is 7. The average Bonchev–Trinajstić information content (AvgIpc) is 2.54. The summed E-state index contributed by atoms with van der Waals surface area (Å²) in [5.74, 6) is -0.451. The Hall–Kier alpha value is -2.88. The van der Waals surface area contributed by atoms with Crippen molar-refractivity contribution < 1.29 is 4.79 Å². The summed E-state index contributed by atoms with van der Waals surface area (Å²) in [7, 11) is 3.90. The third-order valence-corrected chi connectivity index (χ3v) is 3.79. The van der Waals surface area contributed by atoms with Crippen molar-refractivity contribution in [2.24, 2.45) is 5.10 Å². The van der Waals surface area contributed by atoms with Crippen LogP contribution in [0.1, 0.15) is 5.56 Å². The third kappa shape index (κ3) is 5.09. The molecule has 0 spiro atoms. The van der Waals surface area contributed by atoms with Gasteiger partial charge in [-0.25, -0.2) is 15.3 Å². The number of rotatable bonds is 6. The Morgan fingerprint density at radius 3 is 2.67 bits per heavy atom. The van der Waals surface area contributed by atoms with Gasteiger partial charge in [-0.05, 0) is 17.7 Å². The Labute approximate surface area is 141 Å². The molecule has 1 aromatic carbocycles. The van der Waals surface area contributed by atoms with Gasteiger partial charge in [-0.3, -0.25) is 14.6 Å². The highest BCUT2D eigenvalue weighted by Crippen LogP contribution is 2.11. The number of thioether (sulfide) groups is 1. The zero-order valence-corrected chi connectivity index (χ0v) is 13.9. The zero-order chi connectivity index (χ0) is 17.5. The summed E-state index contributed by atoms with van der Waals surface area (Å²) < 4.78 is 0. The predicted octanol–water partition coefficient (Wildman–Crippen LogP) is -0.233. The summed E-state index contributed by atoms with van der Waals surface area (Å²) in [4.78, 5) is 37.9. The van der Waals surface area contributed by atoms with Gasteiger partial charge in [-0.1, -0.05) is 23.9 Å². The first-order valence-electron chi connectivity index (χ1n) is 6.87. The summed E-state index contributed by atoms with van der Waals surface area (Å²) in [6.07, 6.45) is 1.52. The van der Waals surface area contributed by atoms with Gasteiger partial charge in [-0.15, -0.1) is 0 Å². The van der Waals surface area contributed by atoms with Crippen LogP contribution < -0.4 is 21.6 Å². The smallest absolute Gasteiger partial charge is 0.342 e. The highest BCUT2D eigenvalue weighted by atomic mass is 32.2. The molecule has 1 amide bonds. The molecule has 0 aliphatic heterocycles. The molecule has 24 heavy (non-hydrogen) atoms. The van der Waals surface area contributed by atoms with Crippen LogP contribution in [0.15, 0.2) is 44.0 Å². The van der Waals surface area contributed by atoms with Crippen molar-refractivity contribution in [3.8, 4) is 0 Å². The normalized spacial score (nSPS) is 10.8. The van der Waals surface area contributed by atoms with Crippen molar-refractivity contribution in [2.45, 2.75) is 5.03 Å². The number of amides is 1. The molecule has 0 aliphatic rings. The molecule has 0 saturated heterocycles. The van der Waals surface area contributed by atoms with E-state index in [-0.39, 0.29) is 10.8 Å². The van der Waals surface area contributed by atoms with Gasteiger partial charge in [0.05, 0.1) is 12.0 Å². The van der Waals surface area contributed by atoms with Gasteiger partial charge in [0, 0.05) is 19.8 Å². The van der Waals surface area contributed by atoms with Crippen LogP contribution in [-0.2, 0) is 4.79 Å². The Bertz CT molecular complexity index is 841. The van der Waals surface area contributed by atoms with Gasteiger partial charge in [-0.2, -0.15) is 10.2 Å². The van der Waals surface area contributed by atoms with Gasteiger partial charge >= 0.3 is 5.69 Å². The molecule has 0 radical (unpaired) electrons. The highest BCUT2D eigenvalue weighted by molar-refractivity contribution is 7.99. The lowest BCUT2D eigenvalue weighted by Gasteiger charge is -2.11. The number of hydrogen-bond donors (Lipinski definition) is 3. The number of aromatic amines is 2. The van der Waals surface area contributed by atoms with E-state index in [2.05, 4.69) is 20.7 Å². The lowest BCUT2D eigenvalue weighted by atomic mass is 10.2. The fraction of sp³-hybridized carbons (Fsp3) is 0.214. The van der Waals surface area contributed by atoms with Crippen LogP contribution in [0, 0.1) is 0 Å². The topological polar surface area (TPSA) is 123 Å². The number of benzene rings is 1. The molecule has 126 valence electrons. The molecule has 0 bridgehead atoms. The molecule has 0 unspecified atom stereocenters. The molecule has 2 rings (SSSR count). The van der Waals surface area contributed by atoms with Gasteiger partial charge in [0.1, 0.15) is 0 Å². The second-order valence-electron chi connectivity index (χ2n) is 4.88. The number of carbonyl (C=O) groups excluding carboxylic acids is 1. The number of anilines is 1. The molecule has 2 aromatic rings. The molecule has 0 aliphatic carbocycles. The molecule has 1 heterocycles. The molecule has 0 atom stereocenters. The van der Waals surface area contributed by atoms with E-state index in [0.29, 0.717) is 0 Å². The number of H-pyrrole nitrogens is 2. The Balaban J connectivity index is 1.84. The SMILES string of the molecule is CN(C)c1ccc(C=NNC(=O)CSc2n[nH]c(=O)[nH]c2=O)cc1. The van der Waals surface area contributed by atoms with Crippen LogP contribution in [0.25, 0.3) is 0 Å². The molecule has 10 heteroatoms. The standard InChI is InChI=1S/C14H16N6O3S/c1-20(2)10-5-3-9(4-6-10)7-15-17-11(21)8-24-13-12(22)16-14(23)19-18-13/h3-7H,8H2,1-2H3,(H,17,21)(H2,16,19,22,23). The molecule has 0 fully saturated rings. The van der Waals surface area contributed by atoms with Crippen LogP contribution in [0.5, 0.6) is 0 Å². The maximum atomic E-state index is 11.7. The van der Waals surface area contributed by atoms with E-state index in [1.807, 2.05) is 48.2 Å². The monoisotopic (exact) mass is 348 g/mol. The molecule has 9 nitrogen and oxygen atoms in total. The van der Waals surface area contributed by atoms with Crippen LogP contribution in [0.2, 0.25) is 0 Å². The first-order valence-corrected chi connectivity index (χ1v) is 7.85. The van der Waals surface area contributed by atoms with Crippen molar-refractivity contribution >= 4 is 29.6 Å². The number of nitrogens with zero attached hydrogens (tertiary/aromatic N) is 3. The molecular formula is C14H16N6O3S. The summed E-state index contributed by atoms with van der Waals surface area (Å²) in [5.41, 5.74) is 2.92. The van der Waals surface area contributed by atoms with Gasteiger partial charge in [0.15, 0.2) is 5.03 Å². The van der Waals surface area contributed by atoms with Crippen molar-refractivity contribution in [1.82, 2.24) is 20.6 Å². The van der Waals surface area contributed by atoms with Crippen molar-refractivity contribution in [3.63, 3.8) is 0 Å². The zero-order valence-electron chi connectivity index (χ0n) is 13.1. The van der Waals surface area contributed by atoms with Crippen LogP contribution >= 0.6 is 11.8 Å². The quantitative estimate of drug-likeness (QED) is 0.376. The van der Waals surface area contributed by atoms with E-state index in [1.54, 1.807) is 0 Å². The molecule has 0 saturated carbocycles. The largest absolute Gasteiger partial charge is 0.378 e. The van der Waals surface area contributed by atoms with Gasteiger partial charge in [0.25, 0.3) is 5.56 Å². The first kappa shape index (κ1) is 17.5. The molecule has 3 N–H and O–H groups in total. The highest BCUT2D eigenvalue weighted by Gasteiger charge is 2.07. The van der Waals surface area contributed by atoms with Gasteiger partial charge < -0.3 is 4.90 Å². The Morgan fingerprint density at radius 2 is 2.04 bits per heavy atom. The van der Waals surface area contributed by atoms with E-state index >= 15 is 0 Å². The fourth-order valence-corrected chi connectivity index (χ4v) is 2.26. The van der Waals surface area contributed by atoms with Crippen molar-refractivity contribution in [3.05, 3.63) is 50.7 Å². The van der Waals surface area contributed by atoms with E-state index in [4.69, 9.17) is 0 Å². The number of hydrazone groups is 1. The van der Waals surface area contributed by atoms with Crippen LogP contribution in [-0.4, -0.2) is 47.2 Å². The second kappa shape index (κ2) is 8.11. The van der Waals surface area contributed by atoms with E-state index in [1.165, 1.54) is 6.21 Å².